The highest BCUT2D eigenvalue weighted by Crippen LogP contribution is 2.32. The van der Waals surface area contributed by atoms with Crippen LogP contribution >= 0.6 is 0 Å². The highest BCUT2D eigenvalue weighted by molar-refractivity contribution is 5.84. The fourth-order valence-corrected chi connectivity index (χ4v) is 4.62. The zero-order valence-corrected chi connectivity index (χ0v) is 20.0. The summed E-state index contributed by atoms with van der Waals surface area (Å²) in [6.07, 6.45) is 6.50. The Hall–Kier alpha value is -2.54. The van der Waals surface area contributed by atoms with Crippen LogP contribution in [0, 0.1) is 5.41 Å². The zero-order valence-electron chi connectivity index (χ0n) is 20.0. The van der Waals surface area contributed by atoms with Gasteiger partial charge in [0.05, 0.1) is 6.54 Å². The van der Waals surface area contributed by atoms with Gasteiger partial charge in [0.1, 0.15) is 23.4 Å². The van der Waals surface area contributed by atoms with Crippen molar-refractivity contribution in [2.24, 2.45) is 5.41 Å². The van der Waals surface area contributed by atoms with Crippen molar-refractivity contribution in [3.63, 3.8) is 0 Å². The molecule has 2 aromatic rings. The molecule has 0 bridgehead atoms. The summed E-state index contributed by atoms with van der Waals surface area (Å²) < 4.78 is 6.18. The van der Waals surface area contributed by atoms with Crippen molar-refractivity contribution in [1.82, 2.24) is 19.9 Å². The van der Waals surface area contributed by atoms with Gasteiger partial charge in [-0.05, 0) is 44.2 Å². The van der Waals surface area contributed by atoms with Gasteiger partial charge in [0.2, 0.25) is 0 Å². The summed E-state index contributed by atoms with van der Waals surface area (Å²) in [5.41, 5.74) is 2.93. The molecular formula is C25H35N5O2. The molecule has 2 aliphatic rings. The summed E-state index contributed by atoms with van der Waals surface area (Å²) in [5, 5.41) is 0. The van der Waals surface area contributed by atoms with E-state index in [0.29, 0.717) is 24.5 Å². The van der Waals surface area contributed by atoms with Crippen molar-refractivity contribution < 1.29 is 9.53 Å². The van der Waals surface area contributed by atoms with Crippen molar-refractivity contribution in [2.45, 2.75) is 59.0 Å². The topological polar surface area (TPSA) is 71.5 Å². The first kappa shape index (κ1) is 22.6. The molecule has 0 N–H and O–H groups in total. The fraction of sp³-hybridized carbons (Fsp3) is 0.600. The standard InChI is InChI=1S/C25H35N5O2/c1-25(2,3)14-17(31)15-30(5)24-20-7-6-8-21(20)27-23(28-24)22-13-18(9-11-26-22)32-19-10-12-29(4)16-19/h9,11,13,19H,6-8,10,12,14-16H2,1-5H3/t19-/m1/s1. The maximum absolute atomic E-state index is 12.6. The van der Waals surface area contributed by atoms with E-state index in [0.717, 1.165) is 56.0 Å². The lowest BCUT2D eigenvalue weighted by molar-refractivity contribution is -0.119. The molecule has 3 heterocycles. The highest BCUT2D eigenvalue weighted by atomic mass is 16.5. The van der Waals surface area contributed by atoms with E-state index in [-0.39, 0.29) is 17.3 Å². The number of hydrogen-bond donors (Lipinski definition) is 0. The first-order valence-corrected chi connectivity index (χ1v) is 11.6. The first-order valence-electron chi connectivity index (χ1n) is 11.6. The van der Waals surface area contributed by atoms with E-state index in [4.69, 9.17) is 14.7 Å². The van der Waals surface area contributed by atoms with Gasteiger partial charge >= 0.3 is 0 Å². The van der Waals surface area contributed by atoms with Crippen LogP contribution in [0.2, 0.25) is 0 Å². The van der Waals surface area contributed by atoms with Crippen molar-refractivity contribution in [3.05, 3.63) is 29.6 Å². The van der Waals surface area contributed by atoms with E-state index < -0.39 is 0 Å². The van der Waals surface area contributed by atoms with E-state index in [1.54, 1.807) is 6.20 Å². The molecule has 7 heteroatoms. The smallest absolute Gasteiger partial charge is 0.180 e. The first-order chi connectivity index (χ1) is 15.2. The minimum Gasteiger partial charge on any atom is -0.489 e. The molecule has 32 heavy (non-hydrogen) atoms. The van der Waals surface area contributed by atoms with E-state index in [9.17, 15) is 4.79 Å². The van der Waals surface area contributed by atoms with Gasteiger partial charge in [-0.25, -0.2) is 9.97 Å². The number of carbonyl (C=O) groups is 1. The van der Waals surface area contributed by atoms with Crippen molar-refractivity contribution in [1.29, 1.82) is 0 Å². The zero-order chi connectivity index (χ0) is 22.9. The van der Waals surface area contributed by atoms with Gasteiger partial charge in [-0.3, -0.25) is 9.78 Å². The Labute approximate surface area is 191 Å². The molecule has 0 saturated carbocycles. The van der Waals surface area contributed by atoms with Crippen LogP contribution in [0.15, 0.2) is 18.3 Å². The number of ketones is 1. The molecule has 0 unspecified atom stereocenters. The molecule has 1 aliphatic carbocycles. The maximum Gasteiger partial charge on any atom is 0.180 e. The van der Waals surface area contributed by atoms with Crippen LogP contribution in [-0.2, 0) is 17.6 Å². The molecule has 0 spiro atoms. The number of hydrogen-bond acceptors (Lipinski definition) is 7. The molecule has 7 nitrogen and oxygen atoms in total. The number of ether oxygens (including phenoxy) is 1. The van der Waals surface area contributed by atoms with Crippen LogP contribution in [0.1, 0.15) is 51.3 Å². The molecule has 1 fully saturated rings. The largest absolute Gasteiger partial charge is 0.489 e. The lowest BCUT2D eigenvalue weighted by Gasteiger charge is -2.23. The van der Waals surface area contributed by atoms with Crippen molar-refractivity contribution in [3.8, 4) is 17.3 Å². The van der Waals surface area contributed by atoms with E-state index in [1.165, 1.54) is 5.56 Å². The van der Waals surface area contributed by atoms with Gasteiger partial charge in [-0.15, -0.1) is 0 Å². The number of likely N-dealkylation sites (N-methyl/N-ethyl adjacent to an activating group) is 2. The van der Waals surface area contributed by atoms with Crippen LogP contribution < -0.4 is 9.64 Å². The number of anilines is 1. The van der Waals surface area contributed by atoms with Gasteiger partial charge in [-0.2, -0.15) is 0 Å². The molecule has 1 saturated heterocycles. The van der Waals surface area contributed by atoms with Crippen LogP contribution in [0.5, 0.6) is 5.75 Å². The normalized spacial score (nSPS) is 18.6. The van der Waals surface area contributed by atoms with Crippen molar-refractivity contribution in [2.75, 3.05) is 38.6 Å². The average molecular weight is 438 g/mol. The lowest BCUT2D eigenvalue weighted by atomic mass is 9.90. The Balaban J connectivity index is 1.58. The number of likely N-dealkylation sites (tertiary alicyclic amines) is 1. The number of aromatic nitrogens is 3. The molecule has 0 radical (unpaired) electrons. The van der Waals surface area contributed by atoms with Gasteiger partial charge in [0.15, 0.2) is 11.6 Å². The molecule has 0 aromatic carbocycles. The quantitative estimate of drug-likeness (QED) is 0.656. The molecule has 2 aromatic heterocycles. The molecule has 172 valence electrons. The molecular weight excluding hydrogens is 402 g/mol. The summed E-state index contributed by atoms with van der Waals surface area (Å²) >= 11 is 0. The fourth-order valence-electron chi connectivity index (χ4n) is 4.62. The van der Waals surface area contributed by atoms with Crippen LogP contribution in [-0.4, -0.2) is 65.5 Å². The predicted octanol–water partition coefficient (Wildman–Crippen LogP) is 3.55. The maximum atomic E-state index is 12.6. The third kappa shape index (κ3) is 5.44. The minimum absolute atomic E-state index is 0.0187. The Morgan fingerprint density at radius 1 is 1.28 bits per heavy atom. The van der Waals surface area contributed by atoms with Gasteiger partial charge in [0, 0.05) is 50.1 Å². The van der Waals surface area contributed by atoms with Gasteiger partial charge < -0.3 is 14.5 Å². The summed E-state index contributed by atoms with van der Waals surface area (Å²) in [6, 6.07) is 3.83. The second-order valence-electron chi connectivity index (χ2n) is 10.4. The van der Waals surface area contributed by atoms with E-state index >= 15 is 0 Å². The number of carbonyl (C=O) groups excluding carboxylic acids is 1. The number of aryl methyl sites for hydroxylation is 1. The monoisotopic (exact) mass is 437 g/mol. The Morgan fingerprint density at radius 3 is 2.81 bits per heavy atom. The Morgan fingerprint density at radius 2 is 2.09 bits per heavy atom. The SMILES string of the molecule is CN1CC[C@@H](Oc2ccnc(-c3nc4c(c(N(C)CC(=O)CC(C)(C)C)n3)CCC4)c2)C1. The third-order valence-electron chi connectivity index (χ3n) is 6.03. The lowest BCUT2D eigenvalue weighted by Crippen LogP contribution is -2.30. The number of Topliss-reactive ketones (excluding diaryl/α,β-unsaturated/α-hetero) is 1. The third-order valence-corrected chi connectivity index (χ3v) is 6.03. The van der Waals surface area contributed by atoms with Crippen LogP contribution in [0.3, 0.4) is 0 Å². The van der Waals surface area contributed by atoms with Crippen molar-refractivity contribution >= 4 is 11.6 Å². The predicted molar refractivity (Wildman–Crippen MR) is 126 cm³/mol. The number of rotatable bonds is 7. The van der Waals surface area contributed by atoms with Crippen LogP contribution in [0.25, 0.3) is 11.5 Å². The number of pyridine rings is 1. The Bertz CT molecular complexity index is 985. The van der Waals surface area contributed by atoms with E-state index in [2.05, 4.69) is 37.7 Å². The molecule has 0 amide bonds. The van der Waals surface area contributed by atoms with Gasteiger partial charge in [0.25, 0.3) is 0 Å². The molecule has 1 aliphatic heterocycles. The number of fused-ring (bicyclic) bond motifs is 1. The van der Waals surface area contributed by atoms with Gasteiger partial charge in [-0.1, -0.05) is 20.8 Å². The second-order valence-corrected chi connectivity index (χ2v) is 10.4. The molecule has 1 atom stereocenters. The average Bonchev–Trinajstić information content (AvgIpc) is 3.34. The van der Waals surface area contributed by atoms with Crippen LogP contribution in [0.4, 0.5) is 5.82 Å². The summed E-state index contributed by atoms with van der Waals surface area (Å²) in [7, 11) is 4.07. The highest BCUT2D eigenvalue weighted by Gasteiger charge is 2.25. The summed E-state index contributed by atoms with van der Waals surface area (Å²) in [5.74, 6) is 2.48. The Kier molecular flexibility index (Phi) is 6.47. The minimum atomic E-state index is -0.0187. The van der Waals surface area contributed by atoms with E-state index in [1.807, 2.05) is 24.1 Å². The second kappa shape index (κ2) is 9.14. The molecule has 4 rings (SSSR count). The summed E-state index contributed by atoms with van der Waals surface area (Å²) in [6.45, 7) is 8.62. The summed E-state index contributed by atoms with van der Waals surface area (Å²) in [4.78, 5) is 31.1. The number of nitrogens with zero attached hydrogens (tertiary/aromatic N) is 5.